The van der Waals surface area contributed by atoms with E-state index in [0.717, 1.165) is 18.2 Å². The van der Waals surface area contributed by atoms with Crippen molar-refractivity contribution >= 4 is 5.69 Å². The molecule has 0 amide bonds. The van der Waals surface area contributed by atoms with Crippen molar-refractivity contribution < 1.29 is 35.7 Å². The van der Waals surface area contributed by atoms with Crippen LogP contribution in [0.25, 0.3) is 0 Å². The van der Waals surface area contributed by atoms with E-state index in [4.69, 9.17) is 0 Å². The number of hydrogen-bond acceptors (Lipinski definition) is 2. The Balaban J connectivity index is 3.07. The Kier molecular flexibility index (Phi) is 4.92. The van der Waals surface area contributed by atoms with Crippen molar-refractivity contribution in [2.75, 3.05) is 0 Å². The fraction of sp³-hybridized carbons (Fsp3) is 0.412. The molecule has 1 aromatic carbocycles. The van der Waals surface area contributed by atoms with Crippen LogP contribution in [-0.4, -0.2) is 22.9 Å². The molecule has 0 saturated carbocycles. The maximum absolute atomic E-state index is 15.3. The number of nitrogens with zero attached hydrogens (tertiary/aromatic N) is 1. The Morgan fingerprint density at radius 3 is 1.78 bits per heavy atom. The minimum Gasteiger partial charge on any atom is -0.258 e. The number of alkyl halides is 7. The first-order valence-electron chi connectivity index (χ1n) is 7.60. The summed E-state index contributed by atoms with van der Waals surface area (Å²) in [6.07, 6.45) is -11.8. The van der Waals surface area contributed by atoms with Crippen molar-refractivity contribution in [2.24, 2.45) is 0 Å². The molecule has 0 bridgehead atoms. The molecule has 1 aromatic rings. The third-order valence-electron chi connectivity index (χ3n) is 4.40. The highest BCUT2D eigenvalue weighted by atomic mass is 19.4. The van der Waals surface area contributed by atoms with Crippen LogP contribution in [0.15, 0.2) is 47.6 Å². The molecule has 0 heterocycles. The van der Waals surface area contributed by atoms with Crippen LogP contribution in [-0.2, 0) is 5.41 Å². The van der Waals surface area contributed by atoms with Gasteiger partial charge in [0.2, 0.25) is 0 Å². The van der Waals surface area contributed by atoms with Gasteiger partial charge in [-0.15, -0.1) is 0 Å². The molecule has 1 aliphatic rings. The summed E-state index contributed by atoms with van der Waals surface area (Å²) in [7, 11) is 0. The summed E-state index contributed by atoms with van der Waals surface area (Å²) in [6, 6.07) is 3.55. The monoisotopic (exact) mass is 397 g/mol. The van der Waals surface area contributed by atoms with E-state index in [-0.39, 0.29) is 17.6 Å². The van der Waals surface area contributed by atoms with Crippen molar-refractivity contribution in [3.8, 4) is 0 Å². The Morgan fingerprint density at radius 2 is 1.37 bits per heavy atom. The quantitative estimate of drug-likeness (QED) is 0.273. The predicted molar refractivity (Wildman–Crippen MR) is 82.9 cm³/mol. The molecule has 0 aliphatic heterocycles. The van der Waals surface area contributed by atoms with Crippen LogP contribution in [0.4, 0.5) is 36.4 Å². The lowest BCUT2D eigenvalue weighted by Gasteiger charge is -2.45. The second-order valence-corrected chi connectivity index (χ2v) is 6.46. The van der Waals surface area contributed by atoms with Gasteiger partial charge in [0.15, 0.2) is 0 Å². The topological polar surface area (TPSA) is 43.1 Å². The molecule has 27 heavy (non-hydrogen) atoms. The van der Waals surface area contributed by atoms with Gasteiger partial charge in [0.05, 0.1) is 10.3 Å². The number of halogens is 7. The molecule has 148 valence electrons. The minimum atomic E-state index is -6.39. The Hall–Kier alpha value is -2.39. The van der Waals surface area contributed by atoms with Gasteiger partial charge in [-0.25, -0.2) is 4.39 Å². The van der Waals surface area contributed by atoms with Gasteiger partial charge in [0.1, 0.15) is 0 Å². The lowest BCUT2D eigenvalue weighted by molar-refractivity contribution is -0.388. The summed E-state index contributed by atoms with van der Waals surface area (Å²) < 4.78 is 96.7. The number of para-hydroxylation sites is 1. The van der Waals surface area contributed by atoms with Gasteiger partial charge in [-0.3, -0.25) is 10.1 Å². The van der Waals surface area contributed by atoms with Crippen LogP contribution >= 0.6 is 0 Å². The van der Waals surface area contributed by atoms with E-state index in [1.807, 2.05) is 0 Å². The Morgan fingerprint density at radius 1 is 0.926 bits per heavy atom. The standard InChI is InChI=1S/C17H14F7NO2/c1-10-7-11(2)9-14(8-10,12-5-3-4-6-13(12)25(26)27)15(18,16(19,20)21)17(22,23)24/h3-6,8-9H,7H2,1-2H3. The molecule has 0 atom stereocenters. The van der Waals surface area contributed by atoms with E-state index in [9.17, 15) is 36.5 Å². The van der Waals surface area contributed by atoms with E-state index in [1.54, 1.807) is 0 Å². The van der Waals surface area contributed by atoms with Crippen LogP contribution in [0.3, 0.4) is 0 Å². The molecule has 0 N–H and O–H groups in total. The molecular formula is C17H14F7NO2. The Bertz CT molecular complexity index is 789. The molecule has 0 aromatic heterocycles. The minimum absolute atomic E-state index is 0.0220. The molecule has 0 saturated heterocycles. The summed E-state index contributed by atoms with van der Waals surface area (Å²) in [5, 5.41) is 11.3. The highest BCUT2D eigenvalue weighted by Gasteiger charge is 2.81. The normalized spacial score (nSPS) is 18.0. The van der Waals surface area contributed by atoms with E-state index in [1.165, 1.54) is 13.8 Å². The van der Waals surface area contributed by atoms with Crippen molar-refractivity contribution in [3.05, 3.63) is 63.2 Å². The zero-order valence-corrected chi connectivity index (χ0v) is 14.1. The molecule has 3 nitrogen and oxygen atoms in total. The van der Waals surface area contributed by atoms with Crippen molar-refractivity contribution in [1.82, 2.24) is 0 Å². The molecule has 0 spiro atoms. The number of allylic oxidation sites excluding steroid dienone is 4. The summed E-state index contributed by atoms with van der Waals surface area (Å²) in [4.78, 5) is 10.1. The second kappa shape index (κ2) is 6.35. The van der Waals surface area contributed by atoms with Crippen molar-refractivity contribution in [1.29, 1.82) is 0 Å². The fourth-order valence-electron chi connectivity index (χ4n) is 3.51. The molecule has 1 aliphatic carbocycles. The van der Waals surface area contributed by atoms with Crippen LogP contribution in [0.1, 0.15) is 25.8 Å². The average molecular weight is 397 g/mol. The number of hydrogen-bond donors (Lipinski definition) is 0. The number of nitro benzene ring substituents is 1. The highest BCUT2D eigenvalue weighted by molar-refractivity contribution is 5.57. The molecular weight excluding hydrogens is 383 g/mol. The third-order valence-corrected chi connectivity index (χ3v) is 4.40. The molecule has 2 rings (SSSR count). The second-order valence-electron chi connectivity index (χ2n) is 6.46. The van der Waals surface area contributed by atoms with Gasteiger partial charge < -0.3 is 0 Å². The van der Waals surface area contributed by atoms with Gasteiger partial charge in [-0.05, 0) is 20.3 Å². The molecule has 0 fully saturated rings. The van der Waals surface area contributed by atoms with Gasteiger partial charge in [-0.1, -0.05) is 41.5 Å². The largest absolute Gasteiger partial charge is 0.433 e. The molecule has 0 radical (unpaired) electrons. The lowest BCUT2D eigenvalue weighted by Crippen LogP contribution is -2.65. The van der Waals surface area contributed by atoms with Gasteiger partial charge >= 0.3 is 18.0 Å². The first-order valence-corrected chi connectivity index (χ1v) is 7.60. The number of benzene rings is 1. The fourth-order valence-corrected chi connectivity index (χ4v) is 3.51. The van der Waals surface area contributed by atoms with Gasteiger partial charge in [0.25, 0.3) is 5.69 Å². The average Bonchev–Trinajstić information content (AvgIpc) is 2.50. The molecule has 10 heteroatoms. The number of nitro groups is 1. The maximum Gasteiger partial charge on any atom is 0.433 e. The van der Waals surface area contributed by atoms with E-state index < -0.39 is 39.6 Å². The Labute approximate surface area is 149 Å². The highest BCUT2D eigenvalue weighted by Crippen LogP contribution is 2.60. The summed E-state index contributed by atoms with van der Waals surface area (Å²) in [6.45, 7) is 2.49. The first kappa shape index (κ1) is 20.9. The molecule has 0 unspecified atom stereocenters. The van der Waals surface area contributed by atoms with Gasteiger partial charge in [0, 0.05) is 11.6 Å². The SMILES string of the molecule is CC1=CC(c2ccccc2[N+](=O)[O-])(C(F)(C(F)(F)F)C(F)(F)F)C=C(C)C1. The smallest absolute Gasteiger partial charge is 0.258 e. The van der Waals surface area contributed by atoms with E-state index in [2.05, 4.69) is 0 Å². The van der Waals surface area contributed by atoms with E-state index >= 15 is 4.39 Å². The first-order chi connectivity index (χ1) is 12.2. The maximum atomic E-state index is 15.3. The van der Waals surface area contributed by atoms with Crippen molar-refractivity contribution in [2.45, 2.75) is 43.7 Å². The zero-order chi connectivity index (χ0) is 20.8. The van der Waals surface area contributed by atoms with Crippen LogP contribution in [0.5, 0.6) is 0 Å². The van der Waals surface area contributed by atoms with Crippen LogP contribution < -0.4 is 0 Å². The summed E-state index contributed by atoms with van der Waals surface area (Å²) in [5.41, 5.74) is -11.2. The summed E-state index contributed by atoms with van der Waals surface area (Å²) in [5.74, 6) is 0. The third kappa shape index (κ3) is 3.10. The van der Waals surface area contributed by atoms with E-state index in [0.29, 0.717) is 18.2 Å². The van der Waals surface area contributed by atoms with Crippen LogP contribution in [0.2, 0.25) is 0 Å². The lowest BCUT2D eigenvalue weighted by atomic mass is 9.63. The van der Waals surface area contributed by atoms with Gasteiger partial charge in [-0.2, -0.15) is 26.3 Å². The van der Waals surface area contributed by atoms with Crippen LogP contribution in [0, 0.1) is 10.1 Å². The zero-order valence-electron chi connectivity index (χ0n) is 14.1. The predicted octanol–water partition coefficient (Wildman–Crippen LogP) is 5.96. The van der Waals surface area contributed by atoms with Crippen molar-refractivity contribution in [3.63, 3.8) is 0 Å². The number of rotatable bonds is 3. The summed E-state index contributed by atoms with van der Waals surface area (Å²) >= 11 is 0.